The van der Waals surface area contributed by atoms with Gasteiger partial charge >= 0.3 is 0 Å². The van der Waals surface area contributed by atoms with Gasteiger partial charge < -0.3 is 14.8 Å². The number of likely N-dealkylation sites (tertiary alicyclic amines) is 1. The van der Waals surface area contributed by atoms with Crippen LogP contribution in [0, 0.1) is 5.92 Å². The molecule has 1 aromatic heterocycles. The van der Waals surface area contributed by atoms with Gasteiger partial charge in [-0.1, -0.05) is 30.3 Å². The van der Waals surface area contributed by atoms with E-state index in [9.17, 15) is 14.4 Å². The molecule has 0 bridgehead atoms. The molecule has 1 saturated heterocycles. The number of nitrogens with one attached hydrogen (secondary N) is 1. The number of carbonyl (C=O) groups is 3. The number of benzene rings is 1. The highest BCUT2D eigenvalue weighted by Crippen LogP contribution is 2.58. The molecule has 1 saturated carbocycles. The van der Waals surface area contributed by atoms with Crippen molar-refractivity contribution in [3.63, 3.8) is 0 Å². The van der Waals surface area contributed by atoms with E-state index in [1.165, 1.54) is 0 Å². The minimum absolute atomic E-state index is 0.0169. The molecule has 2 aliphatic heterocycles. The Morgan fingerprint density at radius 3 is 2.77 bits per heavy atom. The average Bonchev–Trinajstić information content (AvgIpc) is 3.35. The normalized spacial score (nSPS) is 29.4. The maximum absolute atomic E-state index is 12.7. The fourth-order valence-corrected chi connectivity index (χ4v) is 7.56. The third kappa shape index (κ3) is 2.87. The van der Waals surface area contributed by atoms with Crippen molar-refractivity contribution in [2.75, 3.05) is 12.8 Å². The van der Waals surface area contributed by atoms with E-state index in [1.807, 2.05) is 54.4 Å². The Balaban J connectivity index is 1.40. The lowest BCUT2D eigenvalue weighted by Gasteiger charge is -2.36. The Hall–Kier alpha value is -2.06. The molecule has 2 fully saturated rings. The zero-order valence-corrected chi connectivity index (χ0v) is 18.9. The van der Waals surface area contributed by atoms with E-state index >= 15 is 0 Å². The number of halogens is 1. The summed E-state index contributed by atoms with van der Waals surface area (Å²) in [5, 5.41) is 3.17. The fraction of sp³-hybridized carbons (Fsp3) is 0.409. The topological polar surface area (TPSA) is 71.4 Å². The van der Waals surface area contributed by atoms with Crippen molar-refractivity contribution in [3.05, 3.63) is 58.3 Å². The lowest BCUT2D eigenvalue weighted by molar-refractivity contribution is -0.128. The van der Waals surface area contributed by atoms with Gasteiger partial charge in [-0.05, 0) is 28.1 Å². The second kappa shape index (κ2) is 7.27. The first-order valence-corrected chi connectivity index (χ1v) is 11.9. The molecular formula is C22H22BrN3O3S. The Kier molecular flexibility index (Phi) is 4.82. The van der Waals surface area contributed by atoms with Crippen molar-refractivity contribution in [1.29, 1.82) is 0 Å². The Labute approximate surface area is 187 Å². The Morgan fingerprint density at radius 2 is 2.00 bits per heavy atom. The molecule has 1 aliphatic carbocycles. The first-order chi connectivity index (χ1) is 14.4. The van der Waals surface area contributed by atoms with Gasteiger partial charge in [0, 0.05) is 43.5 Å². The van der Waals surface area contributed by atoms with Crippen LogP contribution in [0.25, 0.3) is 0 Å². The van der Waals surface area contributed by atoms with E-state index in [-0.39, 0.29) is 35.6 Å². The summed E-state index contributed by atoms with van der Waals surface area (Å²) < 4.78 is 2.95. The predicted octanol–water partition coefficient (Wildman–Crippen LogP) is 3.49. The predicted molar refractivity (Wildman–Crippen MR) is 118 cm³/mol. The number of hydrogen-bond acceptors (Lipinski definition) is 4. The largest absolute Gasteiger partial charge is 0.346 e. The maximum atomic E-state index is 12.7. The van der Waals surface area contributed by atoms with E-state index in [1.54, 1.807) is 11.8 Å². The van der Waals surface area contributed by atoms with Crippen molar-refractivity contribution >= 4 is 45.3 Å². The molecule has 0 radical (unpaired) electrons. The van der Waals surface area contributed by atoms with E-state index in [0.29, 0.717) is 24.3 Å². The van der Waals surface area contributed by atoms with Crippen molar-refractivity contribution in [1.82, 2.24) is 14.8 Å². The first kappa shape index (κ1) is 19.9. The Morgan fingerprint density at radius 1 is 1.23 bits per heavy atom. The molecule has 3 aliphatic rings. The molecule has 3 heterocycles. The van der Waals surface area contributed by atoms with Gasteiger partial charge in [0.25, 0.3) is 5.91 Å². The highest BCUT2D eigenvalue weighted by Gasteiger charge is 2.63. The van der Waals surface area contributed by atoms with Crippen molar-refractivity contribution in [2.45, 2.75) is 36.2 Å². The highest BCUT2D eigenvalue weighted by molar-refractivity contribution is 9.10. The summed E-state index contributed by atoms with van der Waals surface area (Å²) in [6.07, 6.45) is 1.59. The zero-order chi connectivity index (χ0) is 21.0. The third-order valence-corrected chi connectivity index (χ3v) is 9.07. The molecular weight excluding hydrogens is 466 g/mol. The van der Waals surface area contributed by atoms with Crippen LogP contribution >= 0.6 is 27.7 Å². The molecule has 1 aromatic carbocycles. The van der Waals surface area contributed by atoms with Crippen LogP contribution in [0.15, 0.2) is 47.1 Å². The lowest BCUT2D eigenvalue weighted by atomic mass is 9.96. The fourth-order valence-electron chi connectivity index (χ4n) is 5.31. The SMILES string of the molecule is CN1C(=O)C[C@H]2[C@@H]3NC(=O)c4ccc(Br)n4[C@@H]3C[C@]21SCCC(=O)c1ccccc1. The molecule has 0 unspecified atom stereocenters. The number of ketones is 1. The molecule has 0 spiro atoms. The van der Waals surface area contributed by atoms with Gasteiger partial charge in [0.2, 0.25) is 5.91 Å². The monoisotopic (exact) mass is 487 g/mol. The average molecular weight is 488 g/mol. The van der Waals surface area contributed by atoms with E-state index < -0.39 is 4.87 Å². The highest BCUT2D eigenvalue weighted by atomic mass is 79.9. The number of thioether (sulfide) groups is 1. The van der Waals surface area contributed by atoms with Crippen molar-refractivity contribution < 1.29 is 14.4 Å². The molecule has 4 atom stereocenters. The summed E-state index contributed by atoms with van der Waals surface area (Å²) in [6.45, 7) is 0. The van der Waals surface area contributed by atoms with Gasteiger partial charge in [-0.15, -0.1) is 11.8 Å². The summed E-state index contributed by atoms with van der Waals surface area (Å²) in [7, 11) is 1.86. The van der Waals surface area contributed by atoms with Gasteiger partial charge in [0.15, 0.2) is 5.78 Å². The third-order valence-electron chi connectivity index (χ3n) is 6.77. The van der Waals surface area contributed by atoms with Crippen LogP contribution < -0.4 is 5.32 Å². The number of rotatable bonds is 5. The number of Topliss-reactive ketones (excluding diaryl/α,β-unsaturated/α-hetero) is 1. The minimum atomic E-state index is -0.415. The van der Waals surface area contributed by atoms with Crippen LogP contribution in [0.5, 0.6) is 0 Å². The summed E-state index contributed by atoms with van der Waals surface area (Å²) in [6, 6.07) is 13.0. The Bertz CT molecular complexity index is 1040. The van der Waals surface area contributed by atoms with E-state index in [2.05, 4.69) is 25.8 Å². The van der Waals surface area contributed by atoms with Crippen LogP contribution in [0.2, 0.25) is 0 Å². The van der Waals surface area contributed by atoms with Crippen LogP contribution in [0.1, 0.15) is 46.2 Å². The van der Waals surface area contributed by atoms with Crippen LogP contribution in [0.3, 0.4) is 0 Å². The summed E-state index contributed by atoms with van der Waals surface area (Å²) in [5.41, 5.74) is 1.37. The first-order valence-electron chi connectivity index (χ1n) is 10.1. The van der Waals surface area contributed by atoms with Gasteiger partial charge in [0.1, 0.15) is 5.69 Å². The second-order valence-electron chi connectivity index (χ2n) is 8.18. The van der Waals surface area contributed by atoms with Gasteiger partial charge in [-0.2, -0.15) is 0 Å². The summed E-state index contributed by atoms with van der Waals surface area (Å²) in [4.78, 5) is 39.3. The summed E-state index contributed by atoms with van der Waals surface area (Å²) in [5.74, 6) is 0.774. The molecule has 2 aromatic rings. The van der Waals surface area contributed by atoms with Crippen LogP contribution in [0.4, 0.5) is 0 Å². The van der Waals surface area contributed by atoms with Gasteiger partial charge in [-0.25, -0.2) is 0 Å². The van der Waals surface area contributed by atoms with Gasteiger partial charge in [-0.3, -0.25) is 14.4 Å². The van der Waals surface area contributed by atoms with E-state index in [0.717, 1.165) is 16.6 Å². The second-order valence-corrected chi connectivity index (χ2v) is 10.4. The number of carbonyl (C=O) groups excluding carboxylic acids is 3. The number of hydrogen-bond donors (Lipinski definition) is 1. The maximum Gasteiger partial charge on any atom is 0.268 e. The lowest BCUT2D eigenvalue weighted by Crippen LogP contribution is -2.49. The number of fused-ring (bicyclic) bond motifs is 5. The molecule has 156 valence electrons. The molecule has 30 heavy (non-hydrogen) atoms. The smallest absolute Gasteiger partial charge is 0.268 e. The number of amides is 2. The van der Waals surface area contributed by atoms with Gasteiger partial charge in [0.05, 0.1) is 21.6 Å². The standard InChI is InChI=1S/C22H22BrN3O3S/c1-25-19(28)11-14-20-16(26-15(21(29)24-20)7-8-18(26)23)12-22(14,25)30-10-9-17(27)13-5-3-2-4-6-13/h2-8,14,16,20H,9-12H2,1H3,(H,24,29)/t14-,16+,20-,22-/m0/s1. The zero-order valence-electron chi connectivity index (χ0n) is 16.5. The molecule has 5 rings (SSSR count). The molecule has 1 N–H and O–H groups in total. The molecule has 2 amide bonds. The quantitative estimate of drug-likeness (QED) is 0.655. The van der Waals surface area contributed by atoms with Crippen LogP contribution in [-0.4, -0.2) is 50.8 Å². The molecule has 8 heteroatoms. The summed E-state index contributed by atoms with van der Waals surface area (Å²) >= 11 is 5.28. The van der Waals surface area contributed by atoms with Crippen LogP contribution in [-0.2, 0) is 4.79 Å². The van der Waals surface area contributed by atoms with E-state index in [4.69, 9.17) is 0 Å². The van der Waals surface area contributed by atoms with Crippen molar-refractivity contribution in [3.8, 4) is 0 Å². The number of aromatic nitrogens is 1. The molecule has 6 nitrogen and oxygen atoms in total. The number of nitrogens with zero attached hydrogens (tertiary/aromatic N) is 2. The minimum Gasteiger partial charge on any atom is -0.346 e. The van der Waals surface area contributed by atoms with Crippen molar-refractivity contribution in [2.24, 2.45) is 5.92 Å².